The minimum atomic E-state index is 0. The number of likely N-dealkylation sites (tertiary alicyclic amines) is 1. The molecule has 0 radical (unpaired) electrons. The average molecular weight is 413 g/mol. The van der Waals surface area contributed by atoms with Crippen LogP contribution in [0.4, 0.5) is 0 Å². The number of amides is 1. The average Bonchev–Trinajstić information content (AvgIpc) is 3.19. The van der Waals surface area contributed by atoms with E-state index in [1.165, 1.54) is 0 Å². The first-order valence-electron chi connectivity index (χ1n) is 10.3. The van der Waals surface area contributed by atoms with Crippen LogP contribution < -0.4 is 10.9 Å². The predicted molar refractivity (Wildman–Crippen MR) is 112 cm³/mol. The number of nitrogens with zero attached hydrogens (tertiary/aromatic N) is 3. The van der Waals surface area contributed by atoms with Gasteiger partial charge in [-0.25, -0.2) is 0 Å². The molecule has 5 heterocycles. The summed E-state index contributed by atoms with van der Waals surface area (Å²) in [4.78, 5) is 32.2. The molecule has 1 unspecified atom stereocenters. The van der Waals surface area contributed by atoms with Crippen molar-refractivity contribution in [2.45, 2.75) is 18.9 Å². The standard InChI is InChI=1S/C22H24N4O2.ClH/c27-20-6-15(14-2-1-3-23-7-14)5-19-16-4-13(11-26(19)20)10-25(12-16)22(28)21-17-8-24-9-18(17)21;/h1-3,5-7,13,16-18,21,24H,4,8-12H2;1H/t13-,16+,17-,18+,21?;/m0./s1. The lowest BCUT2D eigenvalue weighted by molar-refractivity contribution is -0.136. The quantitative estimate of drug-likeness (QED) is 0.816. The van der Waals surface area contributed by atoms with E-state index in [0.29, 0.717) is 23.7 Å². The maximum absolute atomic E-state index is 13.1. The molecule has 0 aromatic carbocycles. The molecule has 2 aromatic rings. The Hall–Kier alpha value is -2.18. The van der Waals surface area contributed by atoms with E-state index in [1.54, 1.807) is 18.5 Å². The van der Waals surface area contributed by atoms with Crippen molar-refractivity contribution >= 4 is 18.3 Å². The van der Waals surface area contributed by atoms with Gasteiger partial charge in [0.05, 0.1) is 0 Å². The first-order valence-corrected chi connectivity index (χ1v) is 10.3. The van der Waals surface area contributed by atoms with E-state index < -0.39 is 0 Å². The Bertz CT molecular complexity index is 998. The van der Waals surface area contributed by atoms with Crippen molar-refractivity contribution in [3.63, 3.8) is 0 Å². The summed E-state index contributed by atoms with van der Waals surface area (Å²) in [6.07, 6.45) is 4.61. The summed E-state index contributed by atoms with van der Waals surface area (Å²) in [7, 11) is 0. The van der Waals surface area contributed by atoms with E-state index in [9.17, 15) is 9.59 Å². The molecule has 2 saturated heterocycles. The van der Waals surface area contributed by atoms with Crippen molar-refractivity contribution in [1.82, 2.24) is 19.8 Å². The fraction of sp³-hybridized carbons (Fsp3) is 0.500. The maximum atomic E-state index is 13.1. The molecule has 2 bridgehead atoms. The van der Waals surface area contributed by atoms with Crippen LogP contribution in [0.3, 0.4) is 0 Å². The maximum Gasteiger partial charge on any atom is 0.251 e. The van der Waals surface area contributed by atoms with Crippen LogP contribution in [0.25, 0.3) is 11.1 Å². The normalized spacial score (nSPS) is 31.4. The first kappa shape index (κ1) is 18.8. The Morgan fingerprint density at radius 3 is 2.69 bits per heavy atom. The highest BCUT2D eigenvalue weighted by Crippen LogP contribution is 2.50. The zero-order chi connectivity index (χ0) is 18.8. The second-order valence-corrected chi connectivity index (χ2v) is 8.91. The lowest BCUT2D eigenvalue weighted by atomic mass is 9.82. The number of halogens is 1. The van der Waals surface area contributed by atoms with Crippen LogP contribution in [0, 0.1) is 23.7 Å². The monoisotopic (exact) mass is 412 g/mol. The van der Waals surface area contributed by atoms with Crippen molar-refractivity contribution in [1.29, 1.82) is 0 Å². The van der Waals surface area contributed by atoms with Crippen molar-refractivity contribution < 1.29 is 4.79 Å². The largest absolute Gasteiger partial charge is 0.341 e. The van der Waals surface area contributed by atoms with Crippen molar-refractivity contribution in [3.05, 3.63) is 52.7 Å². The summed E-state index contributed by atoms with van der Waals surface area (Å²) >= 11 is 0. The molecule has 1 aliphatic carbocycles. The Morgan fingerprint density at radius 2 is 1.93 bits per heavy atom. The Labute approximate surface area is 175 Å². The number of fused-ring (bicyclic) bond motifs is 5. The van der Waals surface area contributed by atoms with Gasteiger partial charge < -0.3 is 14.8 Å². The summed E-state index contributed by atoms with van der Waals surface area (Å²) in [5, 5.41) is 3.38. The van der Waals surface area contributed by atoms with Crippen molar-refractivity contribution in [3.8, 4) is 11.1 Å². The van der Waals surface area contributed by atoms with Crippen molar-refractivity contribution in [2.24, 2.45) is 23.7 Å². The molecule has 3 fully saturated rings. The first-order chi connectivity index (χ1) is 13.7. The predicted octanol–water partition coefficient (Wildman–Crippen LogP) is 1.74. The van der Waals surface area contributed by atoms with Crippen LogP contribution in [0.2, 0.25) is 0 Å². The number of rotatable bonds is 2. The van der Waals surface area contributed by atoms with Gasteiger partial charge in [0.25, 0.3) is 5.56 Å². The SMILES string of the molecule is Cl.O=C(C1[C@H]2CNC[C@@H]12)N1C[C@@H]2C[C@H](C1)c1cc(-c3cccnc3)cc(=O)n1C2. The topological polar surface area (TPSA) is 67.2 Å². The highest BCUT2D eigenvalue weighted by Gasteiger charge is 2.58. The summed E-state index contributed by atoms with van der Waals surface area (Å²) in [6.45, 7) is 4.26. The van der Waals surface area contributed by atoms with Gasteiger partial charge >= 0.3 is 0 Å². The zero-order valence-corrected chi connectivity index (χ0v) is 17.0. The molecule has 1 amide bonds. The second kappa shape index (κ2) is 6.96. The Kier molecular flexibility index (Phi) is 4.51. The highest BCUT2D eigenvalue weighted by molar-refractivity contribution is 5.85. The van der Waals surface area contributed by atoms with Gasteiger partial charge in [0.15, 0.2) is 0 Å². The molecule has 4 aliphatic rings. The number of aromatic nitrogens is 2. The molecular weight excluding hydrogens is 388 g/mol. The number of piperidine rings is 2. The second-order valence-electron chi connectivity index (χ2n) is 8.91. The molecular formula is C22H25ClN4O2. The molecule has 6 rings (SSSR count). The van der Waals surface area contributed by atoms with Gasteiger partial charge in [-0.05, 0) is 55.0 Å². The van der Waals surface area contributed by atoms with Gasteiger partial charge in [-0.1, -0.05) is 6.07 Å². The third-order valence-corrected chi connectivity index (χ3v) is 7.24. The number of nitrogens with one attached hydrogen (secondary N) is 1. The van der Waals surface area contributed by atoms with Gasteiger partial charge in [-0.2, -0.15) is 0 Å². The fourth-order valence-corrected chi connectivity index (χ4v) is 5.83. The van der Waals surface area contributed by atoms with Crippen molar-refractivity contribution in [2.75, 3.05) is 26.2 Å². The molecule has 5 atom stereocenters. The summed E-state index contributed by atoms with van der Waals surface area (Å²) in [5.41, 5.74) is 3.03. The molecule has 1 N–H and O–H groups in total. The third-order valence-electron chi connectivity index (χ3n) is 7.24. The minimum absolute atomic E-state index is 0. The summed E-state index contributed by atoms with van der Waals surface area (Å²) in [6, 6.07) is 7.75. The molecule has 3 aliphatic heterocycles. The molecule has 0 spiro atoms. The Morgan fingerprint density at radius 1 is 1.10 bits per heavy atom. The molecule has 29 heavy (non-hydrogen) atoms. The van der Waals surface area contributed by atoms with E-state index in [-0.39, 0.29) is 29.8 Å². The number of hydrogen-bond acceptors (Lipinski definition) is 4. The lowest BCUT2D eigenvalue weighted by Crippen LogP contribution is -2.50. The highest BCUT2D eigenvalue weighted by atomic mass is 35.5. The van der Waals surface area contributed by atoms with Crippen LogP contribution in [0.1, 0.15) is 18.0 Å². The smallest absolute Gasteiger partial charge is 0.251 e. The van der Waals surface area contributed by atoms with Crippen LogP contribution in [0.15, 0.2) is 41.5 Å². The lowest BCUT2D eigenvalue weighted by Gasteiger charge is -2.43. The molecule has 7 heteroatoms. The Balaban J connectivity index is 0.00000181. The van der Waals surface area contributed by atoms with E-state index >= 15 is 0 Å². The fourth-order valence-electron chi connectivity index (χ4n) is 5.83. The van der Waals surface area contributed by atoms with Crippen LogP contribution in [-0.2, 0) is 11.3 Å². The van der Waals surface area contributed by atoms with E-state index in [4.69, 9.17) is 0 Å². The summed E-state index contributed by atoms with van der Waals surface area (Å²) < 4.78 is 1.94. The molecule has 152 valence electrons. The van der Waals surface area contributed by atoms with E-state index in [2.05, 4.69) is 21.3 Å². The van der Waals surface area contributed by atoms with Gasteiger partial charge in [0, 0.05) is 61.2 Å². The van der Waals surface area contributed by atoms with Gasteiger partial charge in [0.2, 0.25) is 5.91 Å². The molecule has 2 aromatic heterocycles. The van der Waals surface area contributed by atoms with Crippen LogP contribution in [-0.4, -0.2) is 46.5 Å². The number of carbonyl (C=O) groups is 1. The zero-order valence-electron chi connectivity index (χ0n) is 16.2. The molecule has 1 saturated carbocycles. The van der Waals surface area contributed by atoms with Crippen LogP contribution >= 0.6 is 12.4 Å². The summed E-state index contributed by atoms with van der Waals surface area (Å²) in [5.74, 6) is 2.34. The van der Waals surface area contributed by atoms with Gasteiger partial charge in [0.1, 0.15) is 0 Å². The van der Waals surface area contributed by atoms with Crippen LogP contribution in [0.5, 0.6) is 0 Å². The minimum Gasteiger partial charge on any atom is -0.341 e. The number of carbonyl (C=O) groups excluding carboxylic acids is 1. The van der Waals surface area contributed by atoms with Gasteiger partial charge in [-0.15, -0.1) is 12.4 Å². The van der Waals surface area contributed by atoms with E-state index in [0.717, 1.165) is 56.0 Å². The number of pyridine rings is 2. The van der Waals surface area contributed by atoms with E-state index in [1.807, 2.05) is 16.7 Å². The molecule has 6 nitrogen and oxygen atoms in total. The van der Waals surface area contributed by atoms with Gasteiger partial charge in [-0.3, -0.25) is 14.6 Å². The third kappa shape index (κ3) is 3.01. The number of hydrogen-bond donors (Lipinski definition) is 1.